The van der Waals surface area contributed by atoms with Crippen LogP contribution in [0, 0.1) is 0 Å². The molecule has 8 heteroatoms. The molecule has 1 aromatic heterocycles. The van der Waals surface area contributed by atoms with Crippen molar-refractivity contribution in [2.24, 2.45) is 10.2 Å². The van der Waals surface area contributed by atoms with E-state index in [0.717, 1.165) is 6.20 Å². The van der Waals surface area contributed by atoms with Gasteiger partial charge in [-0.15, -0.1) is 10.2 Å². The Morgan fingerprint density at radius 3 is 2.67 bits per heavy atom. The number of nitrogens with zero attached hydrogens (tertiary/aromatic N) is 4. The van der Waals surface area contributed by atoms with Gasteiger partial charge in [-0.3, -0.25) is 4.79 Å². The molecule has 2 heterocycles. The predicted molar refractivity (Wildman–Crippen MR) is 40.6 cm³/mol. The van der Waals surface area contributed by atoms with Gasteiger partial charge in [-0.05, 0) is 0 Å². The summed E-state index contributed by atoms with van der Waals surface area (Å²) in [6.45, 7) is 0. The van der Waals surface area contributed by atoms with Gasteiger partial charge in [-0.2, -0.15) is 13.2 Å². The number of amides is 1. The highest BCUT2D eigenvalue weighted by atomic mass is 19.4. The first-order valence-electron chi connectivity index (χ1n) is 3.84. The van der Waals surface area contributed by atoms with Crippen molar-refractivity contribution in [2.45, 2.75) is 12.6 Å². The van der Waals surface area contributed by atoms with E-state index in [1.165, 1.54) is 0 Å². The first kappa shape index (κ1) is 9.69. The minimum Gasteiger partial charge on any atom is -0.263 e. The standard InChI is InChI=1S/C7H3F3N4O/c8-7(9,10)1-4-11-2-3-5(12-4)6(15)14-13-3/h2H,1H2. The van der Waals surface area contributed by atoms with Crippen LogP contribution in [-0.2, 0) is 6.42 Å². The third kappa shape index (κ3) is 1.97. The average Bonchev–Trinajstić information content (AvgIpc) is 2.45. The zero-order chi connectivity index (χ0) is 11.1. The van der Waals surface area contributed by atoms with Crippen molar-refractivity contribution in [2.75, 3.05) is 0 Å². The minimum absolute atomic E-state index is 0.103. The lowest BCUT2D eigenvalue weighted by Gasteiger charge is -2.04. The molecule has 0 unspecified atom stereocenters. The zero-order valence-corrected chi connectivity index (χ0v) is 7.12. The minimum atomic E-state index is -4.40. The molecule has 78 valence electrons. The monoisotopic (exact) mass is 216 g/mol. The fourth-order valence-corrected chi connectivity index (χ4v) is 1.05. The van der Waals surface area contributed by atoms with Gasteiger partial charge in [-0.1, -0.05) is 0 Å². The summed E-state index contributed by atoms with van der Waals surface area (Å²) in [6.07, 6.45) is -4.62. The third-order valence-electron chi connectivity index (χ3n) is 1.63. The van der Waals surface area contributed by atoms with Gasteiger partial charge in [-0.25, -0.2) is 9.97 Å². The van der Waals surface area contributed by atoms with Crippen LogP contribution < -0.4 is 0 Å². The zero-order valence-electron chi connectivity index (χ0n) is 7.12. The number of rotatable bonds is 1. The summed E-state index contributed by atoms with van der Waals surface area (Å²) >= 11 is 0. The van der Waals surface area contributed by atoms with Gasteiger partial charge in [0.2, 0.25) is 0 Å². The van der Waals surface area contributed by atoms with E-state index in [-0.39, 0.29) is 11.4 Å². The molecule has 0 saturated heterocycles. The van der Waals surface area contributed by atoms with E-state index in [1.807, 2.05) is 0 Å². The first-order valence-corrected chi connectivity index (χ1v) is 3.84. The van der Waals surface area contributed by atoms with Crippen molar-refractivity contribution in [1.29, 1.82) is 0 Å². The third-order valence-corrected chi connectivity index (χ3v) is 1.63. The summed E-state index contributed by atoms with van der Waals surface area (Å²) < 4.78 is 35.9. The normalized spacial score (nSPS) is 14.5. The molecule has 0 atom stereocenters. The van der Waals surface area contributed by atoms with Crippen LogP contribution >= 0.6 is 0 Å². The predicted octanol–water partition coefficient (Wildman–Crippen LogP) is 1.82. The van der Waals surface area contributed by atoms with Gasteiger partial charge in [0.05, 0.1) is 6.20 Å². The van der Waals surface area contributed by atoms with Crippen molar-refractivity contribution in [3.8, 4) is 0 Å². The molecule has 1 aliphatic rings. The molecule has 0 saturated carbocycles. The topological polar surface area (TPSA) is 67.6 Å². The number of carbonyl (C=O) groups is 1. The number of carbonyl (C=O) groups excluding carboxylic acids is 1. The summed E-state index contributed by atoms with van der Waals surface area (Å²) in [6, 6.07) is 0. The molecule has 1 amide bonds. The fraction of sp³-hybridized carbons (Fsp3) is 0.286. The second-order valence-electron chi connectivity index (χ2n) is 2.82. The number of hydrogen-bond donors (Lipinski definition) is 0. The second kappa shape index (κ2) is 3.07. The fourth-order valence-electron chi connectivity index (χ4n) is 1.05. The number of halogens is 3. The molecule has 0 bridgehead atoms. The van der Waals surface area contributed by atoms with Crippen LogP contribution in [0.5, 0.6) is 0 Å². The second-order valence-corrected chi connectivity index (χ2v) is 2.82. The van der Waals surface area contributed by atoms with Crippen LogP contribution in [0.4, 0.5) is 18.9 Å². The number of aromatic nitrogens is 2. The van der Waals surface area contributed by atoms with Crippen LogP contribution in [-0.4, -0.2) is 22.1 Å². The highest BCUT2D eigenvalue weighted by molar-refractivity contribution is 5.99. The van der Waals surface area contributed by atoms with Gasteiger partial charge < -0.3 is 0 Å². The lowest BCUT2D eigenvalue weighted by Crippen LogP contribution is -2.15. The molecule has 0 fully saturated rings. The lowest BCUT2D eigenvalue weighted by molar-refractivity contribution is -0.128. The number of alkyl halides is 3. The molecule has 0 N–H and O–H groups in total. The van der Waals surface area contributed by atoms with Crippen molar-refractivity contribution in [3.05, 3.63) is 17.7 Å². The van der Waals surface area contributed by atoms with Crippen LogP contribution in [0.25, 0.3) is 0 Å². The van der Waals surface area contributed by atoms with E-state index in [9.17, 15) is 18.0 Å². The first-order chi connectivity index (χ1) is 6.96. The summed E-state index contributed by atoms with van der Waals surface area (Å²) in [5, 5.41) is 6.53. The quantitative estimate of drug-likeness (QED) is 0.718. The molecule has 5 nitrogen and oxygen atoms in total. The van der Waals surface area contributed by atoms with Gasteiger partial charge >= 0.3 is 12.1 Å². The van der Waals surface area contributed by atoms with E-state index in [0.29, 0.717) is 0 Å². The highest BCUT2D eigenvalue weighted by Gasteiger charge is 2.30. The molecule has 0 radical (unpaired) electrons. The number of azo groups is 1. The van der Waals surface area contributed by atoms with Gasteiger partial charge in [0.15, 0.2) is 5.69 Å². The molecule has 2 rings (SSSR count). The van der Waals surface area contributed by atoms with Crippen molar-refractivity contribution < 1.29 is 18.0 Å². The van der Waals surface area contributed by atoms with E-state index in [2.05, 4.69) is 20.2 Å². The van der Waals surface area contributed by atoms with E-state index in [4.69, 9.17) is 0 Å². The van der Waals surface area contributed by atoms with Crippen LogP contribution in [0.1, 0.15) is 16.3 Å². The smallest absolute Gasteiger partial charge is 0.263 e. The lowest BCUT2D eigenvalue weighted by atomic mass is 10.3. The molecule has 1 aromatic rings. The van der Waals surface area contributed by atoms with Crippen molar-refractivity contribution >= 4 is 11.6 Å². The maximum Gasteiger partial charge on any atom is 0.396 e. The number of fused-ring (bicyclic) bond motifs is 1. The Balaban J connectivity index is 2.32. The van der Waals surface area contributed by atoms with E-state index in [1.54, 1.807) is 0 Å². The largest absolute Gasteiger partial charge is 0.396 e. The van der Waals surface area contributed by atoms with Crippen LogP contribution in [0.3, 0.4) is 0 Å². The Bertz CT molecular complexity index is 454. The Kier molecular flexibility index (Phi) is 1.98. The summed E-state index contributed by atoms with van der Waals surface area (Å²) in [5.41, 5.74) is -0.0739. The SMILES string of the molecule is O=C1N=Nc2cnc(CC(F)(F)F)nc21. The Labute approximate surface area is 81.1 Å². The molecule has 0 spiro atoms. The van der Waals surface area contributed by atoms with Gasteiger partial charge in [0, 0.05) is 0 Å². The highest BCUT2D eigenvalue weighted by Crippen LogP contribution is 2.25. The van der Waals surface area contributed by atoms with E-state index >= 15 is 0 Å². The average molecular weight is 216 g/mol. The Morgan fingerprint density at radius 2 is 2.00 bits per heavy atom. The molecule has 1 aliphatic heterocycles. The Hall–Kier alpha value is -1.86. The molecule has 15 heavy (non-hydrogen) atoms. The van der Waals surface area contributed by atoms with Crippen LogP contribution in [0.15, 0.2) is 16.4 Å². The molecule has 0 aromatic carbocycles. The number of hydrogen-bond acceptors (Lipinski definition) is 4. The summed E-state index contributed by atoms with van der Waals surface area (Å²) in [7, 11) is 0. The summed E-state index contributed by atoms with van der Waals surface area (Å²) in [4.78, 5) is 17.8. The maximum absolute atomic E-state index is 12.0. The van der Waals surface area contributed by atoms with Gasteiger partial charge in [0.1, 0.15) is 17.9 Å². The van der Waals surface area contributed by atoms with Crippen molar-refractivity contribution in [1.82, 2.24) is 9.97 Å². The van der Waals surface area contributed by atoms with Crippen LogP contribution in [0.2, 0.25) is 0 Å². The molecule has 0 aliphatic carbocycles. The molecular weight excluding hydrogens is 213 g/mol. The summed E-state index contributed by atoms with van der Waals surface area (Å²) in [5.74, 6) is -1.20. The maximum atomic E-state index is 12.0. The van der Waals surface area contributed by atoms with Gasteiger partial charge in [0.25, 0.3) is 0 Å². The Morgan fingerprint density at radius 1 is 1.27 bits per heavy atom. The van der Waals surface area contributed by atoms with E-state index < -0.39 is 24.3 Å². The molecular formula is C7H3F3N4O. The van der Waals surface area contributed by atoms with Crippen molar-refractivity contribution in [3.63, 3.8) is 0 Å².